The number of hydrogen-bond acceptors (Lipinski definition) is 5. The summed E-state index contributed by atoms with van der Waals surface area (Å²) in [5.74, 6) is -0.577. The number of non-ortho nitro benzene ring substituents is 1. The standard InChI is InChI=1S/C15H8F2IN3O3/c16-13(17)14-19-11-4-2-1-3-9(11)15(20-14)24-12-7-8(21(22)23)5-6-10(12)18/h1-7,13H. The van der Waals surface area contributed by atoms with Gasteiger partial charge in [0.1, 0.15) is 5.75 Å². The van der Waals surface area contributed by atoms with E-state index in [-0.39, 0.29) is 17.3 Å². The van der Waals surface area contributed by atoms with Gasteiger partial charge >= 0.3 is 0 Å². The van der Waals surface area contributed by atoms with Crippen LogP contribution in [0, 0.1) is 13.7 Å². The van der Waals surface area contributed by atoms with Crippen molar-refractivity contribution in [2.75, 3.05) is 0 Å². The van der Waals surface area contributed by atoms with Crippen molar-refractivity contribution in [1.82, 2.24) is 9.97 Å². The summed E-state index contributed by atoms with van der Waals surface area (Å²) < 4.78 is 32.2. The average molecular weight is 443 g/mol. The Labute approximate surface area is 147 Å². The van der Waals surface area contributed by atoms with Gasteiger partial charge in [0.2, 0.25) is 5.88 Å². The number of halogens is 3. The lowest BCUT2D eigenvalue weighted by Crippen LogP contribution is -2.00. The van der Waals surface area contributed by atoms with Crippen LogP contribution in [0.3, 0.4) is 0 Å². The minimum absolute atomic E-state index is 0.0747. The number of benzene rings is 2. The minimum atomic E-state index is -2.86. The lowest BCUT2D eigenvalue weighted by molar-refractivity contribution is -0.384. The van der Waals surface area contributed by atoms with Crippen molar-refractivity contribution in [2.45, 2.75) is 6.43 Å². The molecule has 6 nitrogen and oxygen atoms in total. The van der Waals surface area contributed by atoms with Crippen molar-refractivity contribution in [3.8, 4) is 11.6 Å². The molecule has 9 heteroatoms. The maximum absolute atomic E-state index is 13.0. The quantitative estimate of drug-likeness (QED) is 0.327. The average Bonchev–Trinajstić information content (AvgIpc) is 2.56. The molecular weight excluding hydrogens is 435 g/mol. The van der Waals surface area contributed by atoms with E-state index in [1.807, 2.05) is 22.6 Å². The number of alkyl halides is 2. The molecule has 0 aliphatic heterocycles. The summed E-state index contributed by atoms with van der Waals surface area (Å²) in [5, 5.41) is 11.3. The molecule has 0 aliphatic carbocycles. The number of aromatic nitrogens is 2. The van der Waals surface area contributed by atoms with Gasteiger partial charge < -0.3 is 4.74 Å². The molecule has 0 saturated carbocycles. The van der Waals surface area contributed by atoms with Gasteiger partial charge in [0.15, 0.2) is 5.82 Å². The molecule has 0 saturated heterocycles. The molecule has 0 amide bonds. The Morgan fingerprint density at radius 2 is 1.92 bits per heavy atom. The molecule has 1 heterocycles. The SMILES string of the molecule is O=[N+]([O-])c1ccc(I)c(Oc2nc(C(F)F)nc3ccccc23)c1. The van der Waals surface area contributed by atoms with Crippen molar-refractivity contribution in [2.24, 2.45) is 0 Å². The van der Waals surface area contributed by atoms with Crippen molar-refractivity contribution < 1.29 is 18.4 Å². The summed E-state index contributed by atoms with van der Waals surface area (Å²) in [5.41, 5.74) is 0.135. The number of ether oxygens (including phenoxy) is 1. The zero-order valence-corrected chi connectivity index (χ0v) is 14.0. The molecule has 2 aromatic carbocycles. The zero-order valence-electron chi connectivity index (χ0n) is 11.8. The fourth-order valence-corrected chi connectivity index (χ4v) is 2.47. The van der Waals surface area contributed by atoms with Gasteiger partial charge in [-0.1, -0.05) is 12.1 Å². The highest BCUT2D eigenvalue weighted by molar-refractivity contribution is 14.1. The molecule has 3 rings (SSSR count). The second-order valence-corrected chi connectivity index (χ2v) is 5.84. The first-order valence-electron chi connectivity index (χ1n) is 6.62. The van der Waals surface area contributed by atoms with Crippen molar-refractivity contribution in [3.63, 3.8) is 0 Å². The van der Waals surface area contributed by atoms with E-state index in [2.05, 4.69) is 9.97 Å². The monoisotopic (exact) mass is 443 g/mol. The number of hydrogen-bond donors (Lipinski definition) is 0. The number of nitro groups is 1. The van der Waals surface area contributed by atoms with Crippen LogP contribution in [-0.4, -0.2) is 14.9 Å². The van der Waals surface area contributed by atoms with Crippen LogP contribution in [-0.2, 0) is 0 Å². The lowest BCUT2D eigenvalue weighted by Gasteiger charge is -2.10. The molecular formula is C15H8F2IN3O3. The van der Waals surface area contributed by atoms with Crippen LogP contribution in [0.1, 0.15) is 12.2 Å². The van der Waals surface area contributed by atoms with E-state index in [4.69, 9.17) is 4.74 Å². The van der Waals surface area contributed by atoms with Crippen LogP contribution in [0.4, 0.5) is 14.5 Å². The Hall–Kier alpha value is -2.43. The second kappa shape index (κ2) is 6.59. The fraction of sp³-hybridized carbons (Fsp3) is 0.0667. The molecule has 0 aliphatic rings. The van der Waals surface area contributed by atoms with Gasteiger partial charge in [0.25, 0.3) is 12.1 Å². The van der Waals surface area contributed by atoms with Crippen LogP contribution in [0.5, 0.6) is 11.6 Å². The number of nitrogens with zero attached hydrogens (tertiary/aromatic N) is 3. The van der Waals surface area contributed by atoms with Gasteiger partial charge in [-0.25, -0.2) is 13.8 Å². The third kappa shape index (κ3) is 3.25. The summed E-state index contributed by atoms with van der Waals surface area (Å²) >= 11 is 1.93. The molecule has 24 heavy (non-hydrogen) atoms. The molecule has 0 N–H and O–H groups in total. The van der Waals surface area contributed by atoms with Gasteiger partial charge in [0, 0.05) is 6.07 Å². The van der Waals surface area contributed by atoms with Crippen molar-refractivity contribution in [3.05, 3.63) is 62.0 Å². The van der Waals surface area contributed by atoms with Crippen LogP contribution in [0.15, 0.2) is 42.5 Å². The van der Waals surface area contributed by atoms with Crippen molar-refractivity contribution >= 4 is 39.2 Å². The first-order chi connectivity index (χ1) is 11.5. The van der Waals surface area contributed by atoms with Crippen LogP contribution in [0.2, 0.25) is 0 Å². The Balaban J connectivity index is 2.13. The fourth-order valence-electron chi connectivity index (χ4n) is 2.03. The second-order valence-electron chi connectivity index (χ2n) is 4.68. The van der Waals surface area contributed by atoms with E-state index in [0.717, 1.165) is 0 Å². The van der Waals surface area contributed by atoms with Gasteiger partial charge in [-0.05, 0) is 40.8 Å². The first-order valence-corrected chi connectivity index (χ1v) is 7.70. The Morgan fingerprint density at radius 3 is 2.62 bits per heavy atom. The third-order valence-corrected chi connectivity index (χ3v) is 4.00. The van der Waals surface area contributed by atoms with Crippen molar-refractivity contribution in [1.29, 1.82) is 0 Å². The first kappa shape index (κ1) is 16.4. The predicted molar refractivity (Wildman–Crippen MR) is 90.4 cm³/mol. The number of para-hydroxylation sites is 1. The van der Waals surface area contributed by atoms with Gasteiger partial charge in [-0.3, -0.25) is 10.1 Å². The van der Waals surface area contributed by atoms with E-state index in [9.17, 15) is 18.9 Å². The highest BCUT2D eigenvalue weighted by Crippen LogP contribution is 2.33. The predicted octanol–water partition coefficient (Wildman–Crippen LogP) is 4.87. The van der Waals surface area contributed by atoms with E-state index in [0.29, 0.717) is 14.5 Å². The number of nitro benzene ring substituents is 1. The van der Waals surface area contributed by atoms with Gasteiger partial charge in [-0.2, -0.15) is 4.98 Å². The maximum atomic E-state index is 13.0. The Bertz CT molecular complexity index is 937. The minimum Gasteiger partial charge on any atom is -0.437 e. The zero-order chi connectivity index (χ0) is 17.3. The summed E-state index contributed by atoms with van der Waals surface area (Å²) in [6, 6.07) is 10.6. The molecule has 1 aromatic heterocycles. The maximum Gasteiger partial charge on any atom is 0.297 e. The normalized spacial score (nSPS) is 11.0. The van der Waals surface area contributed by atoms with E-state index >= 15 is 0 Å². The largest absolute Gasteiger partial charge is 0.437 e. The topological polar surface area (TPSA) is 78.2 Å². The summed E-state index contributed by atoms with van der Waals surface area (Å²) in [6.07, 6.45) is -2.86. The van der Waals surface area contributed by atoms with E-state index in [1.165, 1.54) is 18.2 Å². The molecule has 122 valence electrons. The highest BCUT2D eigenvalue weighted by atomic mass is 127. The van der Waals surface area contributed by atoms with Gasteiger partial charge in [0.05, 0.1) is 25.5 Å². The smallest absolute Gasteiger partial charge is 0.297 e. The van der Waals surface area contributed by atoms with E-state index in [1.54, 1.807) is 24.3 Å². The molecule has 0 fully saturated rings. The van der Waals surface area contributed by atoms with Crippen LogP contribution >= 0.6 is 22.6 Å². The molecule has 0 atom stereocenters. The summed E-state index contributed by atoms with van der Waals surface area (Å²) in [6.45, 7) is 0. The Kier molecular flexibility index (Phi) is 4.51. The number of fused-ring (bicyclic) bond motifs is 1. The molecule has 3 aromatic rings. The highest BCUT2D eigenvalue weighted by Gasteiger charge is 2.18. The third-order valence-electron chi connectivity index (χ3n) is 3.11. The molecule has 0 unspecified atom stereocenters. The number of rotatable bonds is 4. The van der Waals surface area contributed by atoms with Crippen LogP contribution in [0.25, 0.3) is 10.9 Å². The van der Waals surface area contributed by atoms with E-state index < -0.39 is 17.2 Å². The Morgan fingerprint density at radius 1 is 1.17 bits per heavy atom. The lowest BCUT2D eigenvalue weighted by atomic mass is 10.2. The molecule has 0 spiro atoms. The van der Waals surface area contributed by atoms with Crippen LogP contribution < -0.4 is 4.74 Å². The summed E-state index contributed by atoms with van der Waals surface area (Å²) in [4.78, 5) is 17.9. The summed E-state index contributed by atoms with van der Waals surface area (Å²) in [7, 11) is 0. The van der Waals surface area contributed by atoms with Gasteiger partial charge in [-0.15, -0.1) is 0 Å². The molecule has 0 radical (unpaired) electrons. The molecule has 0 bridgehead atoms.